The van der Waals surface area contributed by atoms with E-state index in [1.807, 2.05) is 12.5 Å². The maximum absolute atomic E-state index is 13.0. The van der Waals surface area contributed by atoms with Crippen LogP contribution in [0.1, 0.15) is 44.9 Å². The van der Waals surface area contributed by atoms with E-state index in [0.29, 0.717) is 37.3 Å². The molecule has 0 bridgehead atoms. The van der Waals surface area contributed by atoms with E-state index in [4.69, 9.17) is 16.6 Å². The number of carboxylic acids is 2. The molecule has 0 saturated heterocycles. The van der Waals surface area contributed by atoms with E-state index < -0.39 is 60.2 Å². The Balaban J connectivity index is 5.44. The smallest absolute Gasteiger partial charge is 0.326 e. The molecule has 0 aliphatic heterocycles. The molecule has 0 aromatic heterocycles. The number of thioether (sulfide) groups is 2. The van der Waals surface area contributed by atoms with Crippen molar-refractivity contribution in [2.24, 2.45) is 11.5 Å². The minimum Gasteiger partial charge on any atom is -0.481 e. The molecule has 4 unspecified atom stereocenters. The predicted molar refractivity (Wildman–Crippen MR) is 137 cm³/mol. The van der Waals surface area contributed by atoms with Crippen molar-refractivity contribution in [3.8, 4) is 0 Å². The van der Waals surface area contributed by atoms with Gasteiger partial charge in [-0.05, 0) is 69.1 Å². The molecule has 14 heteroatoms. The van der Waals surface area contributed by atoms with Gasteiger partial charge in [-0.25, -0.2) is 4.79 Å². The van der Waals surface area contributed by atoms with E-state index in [-0.39, 0.29) is 19.3 Å². The van der Waals surface area contributed by atoms with Crippen molar-refractivity contribution < 1.29 is 34.2 Å². The zero-order valence-corrected chi connectivity index (χ0v) is 21.9. The third-order valence-corrected chi connectivity index (χ3v) is 6.34. The van der Waals surface area contributed by atoms with Gasteiger partial charge in [-0.2, -0.15) is 23.5 Å². The van der Waals surface area contributed by atoms with Crippen LogP contribution in [0, 0.1) is 0 Å². The van der Waals surface area contributed by atoms with Gasteiger partial charge in [0.2, 0.25) is 17.7 Å². The predicted octanol–water partition coefficient (Wildman–Crippen LogP) is -0.647. The molecule has 202 valence electrons. The van der Waals surface area contributed by atoms with Crippen molar-refractivity contribution in [2.45, 2.75) is 69.1 Å². The Labute approximate surface area is 214 Å². The number of hydrogen-bond donors (Lipinski definition) is 7. The van der Waals surface area contributed by atoms with E-state index in [2.05, 4.69) is 16.0 Å². The minimum absolute atomic E-state index is 0.137. The molecular weight excluding hydrogens is 498 g/mol. The van der Waals surface area contributed by atoms with E-state index in [9.17, 15) is 29.1 Å². The van der Waals surface area contributed by atoms with Gasteiger partial charge in [0, 0.05) is 6.42 Å². The highest BCUT2D eigenvalue weighted by Crippen LogP contribution is 2.07. The third kappa shape index (κ3) is 14.9. The monoisotopic (exact) mass is 537 g/mol. The Kier molecular flexibility index (Phi) is 18.1. The summed E-state index contributed by atoms with van der Waals surface area (Å²) >= 11 is 3.00. The fraction of sp³-hybridized carbons (Fsp3) is 0.762. The first-order valence-electron chi connectivity index (χ1n) is 11.4. The number of hydrogen-bond acceptors (Lipinski definition) is 9. The second-order valence-electron chi connectivity index (χ2n) is 7.91. The largest absolute Gasteiger partial charge is 0.481 e. The molecule has 0 aliphatic carbocycles. The maximum atomic E-state index is 13.0. The van der Waals surface area contributed by atoms with Crippen molar-refractivity contribution in [1.82, 2.24) is 16.0 Å². The highest BCUT2D eigenvalue weighted by Gasteiger charge is 2.30. The number of unbranched alkanes of at least 4 members (excludes halogenated alkanes) is 1. The number of aliphatic carboxylic acids is 2. The molecule has 9 N–H and O–H groups in total. The molecule has 0 saturated carbocycles. The first-order chi connectivity index (χ1) is 16.6. The molecule has 0 fully saturated rings. The van der Waals surface area contributed by atoms with Crippen LogP contribution >= 0.6 is 23.5 Å². The van der Waals surface area contributed by atoms with Crippen LogP contribution in [0.2, 0.25) is 0 Å². The molecule has 35 heavy (non-hydrogen) atoms. The van der Waals surface area contributed by atoms with Crippen LogP contribution in [0.3, 0.4) is 0 Å². The summed E-state index contributed by atoms with van der Waals surface area (Å²) in [5.74, 6) is -3.21. The fourth-order valence-corrected chi connectivity index (χ4v) is 3.95. The molecule has 0 rings (SSSR count). The summed E-state index contributed by atoms with van der Waals surface area (Å²) in [5.41, 5.74) is 11.3. The van der Waals surface area contributed by atoms with Crippen molar-refractivity contribution in [1.29, 1.82) is 0 Å². The molecule has 3 amide bonds. The van der Waals surface area contributed by atoms with Gasteiger partial charge in [0.25, 0.3) is 0 Å². The number of carboxylic acid groups (broad SMARTS) is 2. The van der Waals surface area contributed by atoms with Crippen molar-refractivity contribution in [2.75, 3.05) is 30.6 Å². The lowest BCUT2D eigenvalue weighted by molar-refractivity contribution is -0.143. The molecule has 0 aliphatic rings. The average molecular weight is 538 g/mol. The third-order valence-electron chi connectivity index (χ3n) is 5.05. The molecule has 0 aromatic rings. The number of carbonyl (C=O) groups excluding carboxylic acids is 3. The van der Waals surface area contributed by atoms with Crippen LogP contribution in [-0.4, -0.2) is 94.6 Å². The van der Waals surface area contributed by atoms with Gasteiger partial charge in [-0.1, -0.05) is 0 Å². The Hall–Kier alpha value is -2.03. The average Bonchev–Trinajstić information content (AvgIpc) is 2.81. The summed E-state index contributed by atoms with van der Waals surface area (Å²) in [4.78, 5) is 60.8. The van der Waals surface area contributed by atoms with E-state index >= 15 is 0 Å². The summed E-state index contributed by atoms with van der Waals surface area (Å²) in [6, 6.07) is -4.30. The Bertz CT molecular complexity index is 699. The second-order valence-corrected chi connectivity index (χ2v) is 9.88. The number of rotatable bonds is 20. The van der Waals surface area contributed by atoms with Crippen LogP contribution < -0.4 is 27.4 Å². The zero-order chi connectivity index (χ0) is 26.8. The Morgan fingerprint density at radius 1 is 0.743 bits per heavy atom. The topological polar surface area (TPSA) is 214 Å². The minimum atomic E-state index is -1.30. The molecule has 0 radical (unpaired) electrons. The van der Waals surface area contributed by atoms with Gasteiger partial charge in [0.15, 0.2) is 0 Å². The number of amides is 3. The van der Waals surface area contributed by atoms with E-state index in [1.165, 1.54) is 23.5 Å². The lowest BCUT2D eigenvalue weighted by atomic mass is 10.1. The first kappa shape index (κ1) is 33.0. The lowest BCUT2D eigenvalue weighted by Crippen LogP contribution is -2.57. The van der Waals surface area contributed by atoms with Crippen LogP contribution in [0.15, 0.2) is 0 Å². The zero-order valence-electron chi connectivity index (χ0n) is 20.3. The van der Waals surface area contributed by atoms with Crippen molar-refractivity contribution >= 4 is 53.2 Å². The summed E-state index contributed by atoms with van der Waals surface area (Å²) < 4.78 is 0. The fourth-order valence-electron chi connectivity index (χ4n) is 2.99. The van der Waals surface area contributed by atoms with Crippen LogP contribution in [-0.2, 0) is 24.0 Å². The van der Waals surface area contributed by atoms with Gasteiger partial charge in [-0.3, -0.25) is 19.2 Å². The second kappa shape index (κ2) is 19.2. The molecule has 12 nitrogen and oxygen atoms in total. The summed E-state index contributed by atoms with van der Waals surface area (Å²) in [5, 5.41) is 25.9. The summed E-state index contributed by atoms with van der Waals surface area (Å²) in [6.07, 6.45) is 4.91. The van der Waals surface area contributed by atoms with Crippen LogP contribution in [0.4, 0.5) is 0 Å². The number of nitrogens with one attached hydrogen (secondary N) is 3. The standard InChI is InChI=1S/C21H39N5O7S2/c1-34-11-8-13(23)18(29)24-15(9-12-35-2)20(31)25-14(6-7-17(27)28)19(30)26-16(21(32)33)5-3-4-10-22/h13-16H,3-12,22-23H2,1-2H3,(H,24,29)(H,25,31)(H,26,30)(H,27,28)(H,32,33). The molecular formula is C21H39N5O7S2. The molecule has 4 atom stereocenters. The highest BCUT2D eigenvalue weighted by atomic mass is 32.2. The SMILES string of the molecule is CSCCC(N)C(=O)NC(CCSC)C(=O)NC(CCC(=O)O)C(=O)NC(CCCCN)C(=O)O. The number of carbonyl (C=O) groups is 5. The Morgan fingerprint density at radius 3 is 1.77 bits per heavy atom. The van der Waals surface area contributed by atoms with Crippen LogP contribution in [0.25, 0.3) is 0 Å². The van der Waals surface area contributed by atoms with Crippen LogP contribution in [0.5, 0.6) is 0 Å². The highest BCUT2D eigenvalue weighted by molar-refractivity contribution is 7.98. The van der Waals surface area contributed by atoms with Gasteiger partial charge in [0.1, 0.15) is 18.1 Å². The molecule has 0 spiro atoms. The summed E-state index contributed by atoms with van der Waals surface area (Å²) in [7, 11) is 0. The first-order valence-corrected chi connectivity index (χ1v) is 14.1. The quantitative estimate of drug-likeness (QED) is 0.0969. The number of nitrogens with two attached hydrogens (primary N) is 2. The molecule has 0 heterocycles. The maximum Gasteiger partial charge on any atom is 0.326 e. The Morgan fingerprint density at radius 2 is 1.26 bits per heavy atom. The van der Waals surface area contributed by atoms with E-state index in [1.54, 1.807) is 0 Å². The van der Waals surface area contributed by atoms with Crippen molar-refractivity contribution in [3.05, 3.63) is 0 Å². The van der Waals surface area contributed by atoms with Crippen molar-refractivity contribution in [3.63, 3.8) is 0 Å². The summed E-state index contributed by atoms with van der Waals surface area (Å²) in [6.45, 7) is 0.377. The lowest BCUT2D eigenvalue weighted by Gasteiger charge is -2.25. The normalized spacial score (nSPS) is 14.3. The van der Waals surface area contributed by atoms with Gasteiger partial charge >= 0.3 is 11.9 Å². The van der Waals surface area contributed by atoms with E-state index in [0.717, 1.165) is 0 Å². The van der Waals surface area contributed by atoms with Gasteiger partial charge in [0.05, 0.1) is 6.04 Å². The molecule has 0 aromatic carbocycles. The van der Waals surface area contributed by atoms with Gasteiger partial charge < -0.3 is 37.6 Å². The van der Waals surface area contributed by atoms with Gasteiger partial charge in [-0.15, -0.1) is 0 Å².